The smallest absolute Gasteiger partial charge is 0.389 e. The van der Waals surface area contributed by atoms with Gasteiger partial charge in [-0.25, -0.2) is 4.79 Å². The van der Waals surface area contributed by atoms with E-state index in [-0.39, 0.29) is 29.0 Å². The standard InChI is InChI=1S/C19H17ClF3NO3/c20-14-9-8-12(7-4-10-19(21,22)23)15(11-14)16(18(26)27)24-17(25)13-5-2-1-3-6-13/h1-3,5-6,8-9,11,16H,4,7,10H2,(H,24,25)(H,26,27). The molecule has 27 heavy (non-hydrogen) atoms. The third-order valence-electron chi connectivity index (χ3n) is 3.88. The Morgan fingerprint density at radius 3 is 2.37 bits per heavy atom. The van der Waals surface area contributed by atoms with Crippen molar-refractivity contribution in [2.75, 3.05) is 0 Å². The molecule has 2 aromatic rings. The Morgan fingerprint density at radius 2 is 1.78 bits per heavy atom. The van der Waals surface area contributed by atoms with Crippen molar-refractivity contribution in [3.8, 4) is 0 Å². The van der Waals surface area contributed by atoms with Crippen molar-refractivity contribution < 1.29 is 27.9 Å². The van der Waals surface area contributed by atoms with Crippen molar-refractivity contribution in [2.45, 2.75) is 31.5 Å². The highest BCUT2D eigenvalue weighted by atomic mass is 35.5. The van der Waals surface area contributed by atoms with Crippen molar-refractivity contribution >= 4 is 23.5 Å². The number of nitrogens with one attached hydrogen (secondary N) is 1. The molecule has 0 spiro atoms. The van der Waals surface area contributed by atoms with E-state index in [1.54, 1.807) is 18.2 Å². The molecule has 4 nitrogen and oxygen atoms in total. The maximum Gasteiger partial charge on any atom is 0.389 e. The third-order valence-corrected chi connectivity index (χ3v) is 4.12. The van der Waals surface area contributed by atoms with E-state index in [1.807, 2.05) is 0 Å². The minimum atomic E-state index is -4.29. The van der Waals surface area contributed by atoms with Crippen LogP contribution >= 0.6 is 11.6 Å². The van der Waals surface area contributed by atoms with Crippen LogP contribution in [-0.4, -0.2) is 23.2 Å². The van der Waals surface area contributed by atoms with Crippen LogP contribution in [0, 0.1) is 0 Å². The van der Waals surface area contributed by atoms with Crippen LogP contribution in [0.15, 0.2) is 48.5 Å². The molecule has 1 atom stereocenters. The summed E-state index contributed by atoms with van der Waals surface area (Å²) in [5.41, 5.74) is 0.829. The molecule has 0 radical (unpaired) electrons. The first kappa shape index (κ1) is 20.8. The van der Waals surface area contributed by atoms with E-state index in [4.69, 9.17) is 11.6 Å². The number of hydrogen-bond acceptors (Lipinski definition) is 2. The lowest BCUT2D eigenvalue weighted by atomic mass is 9.96. The summed E-state index contributed by atoms with van der Waals surface area (Å²) in [5.74, 6) is -1.94. The van der Waals surface area contributed by atoms with E-state index in [0.29, 0.717) is 5.56 Å². The number of alkyl halides is 3. The average Bonchev–Trinajstić information content (AvgIpc) is 2.60. The molecule has 2 rings (SSSR count). The highest BCUT2D eigenvalue weighted by Crippen LogP contribution is 2.27. The molecule has 0 saturated carbocycles. The number of benzene rings is 2. The van der Waals surface area contributed by atoms with Crippen LogP contribution in [0.2, 0.25) is 5.02 Å². The van der Waals surface area contributed by atoms with Crippen LogP contribution in [0.3, 0.4) is 0 Å². The van der Waals surface area contributed by atoms with Gasteiger partial charge in [-0.15, -0.1) is 0 Å². The number of rotatable bonds is 7. The van der Waals surface area contributed by atoms with Crippen LogP contribution in [0.1, 0.15) is 40.4 Å². The van der Waals surface area contributed by atoms with Crippen molar-refractivity contribution in [3.05, 3.63) is 70.2 Å². The van der Waals surface area contributed by atoms with Crippen molar-refractivity contribution in [2.24, 2.45) is 0 Å². The number of carbonyl (C=O) groups excluding carboxylic acids is 1. The predicted octanol–water partition coefficient (Wildman–Crippen LogP) is 4.78. The summed E-state index contributed by atoms with van der Waals surface area (Å²) in [6, 6.07) is 10.9. The van der Waals surface area contributed by atoms with Gasteiger partial charge in [-0.1, -0.05) is 35.9 Å². The topological polar surface area (TPSA) is 66.4 Å². The van der Waals surface area contributed by atoms with Crippen LogP contribution in [0.4, 0.5) is 13.2 Å². The molecule has 2 aromatic carbocycles. The fourth-order valence-corrected chi connectivity index (χ4v) is 2.80. The number of amides is 1. The number of carboxylic acid groups (broad SMARTS) is 1. The summed E-state index contributed by atoms with van der Waals surface area (Å²) in [4.78, 5) is 24.0. The van der Waals surface area contributed by atoms with E-state index in [2.05, 4.69) is 5.32 Å². The molecule has 0 aromatic heterocycles. The van der Waals surface area contributed by atoms with Gasteiger partial charge in [0.05, 0.1) is 0 Å². The number of aliphatic carboxylic acids is 1. The molecule has 0 aliphatic heterocycles. The Bertz CT molecular complexity index is 810. The Balaban J connectivity index is 2.26. The average molecular weight is 400 g/mol. The van der Waals surface area contributed by atoms with Gasteiger partial charge in [0, 0.05) is 17.0 Å². The number of carbonyl (C=O) groups is 2. The number of carboxylic acids is 1. The molecule has 0 aliphatic rings. The maximum absolute atomic E-state index is 12.4. The third kappa shape index (κ3) is 6.29. The SMILES string of the molecule is O=C(NC(C(=O)O)c1cc(Cl)ccc1CCCC(F)(F)F)c1ccccc1. The minimum Gasteiger partial charge on any atom is -0.479 e. The van der Waals surface area contributed by atoms with E-state index < -0.39 is 30.5 Å². The lowest BCUT2D eigenvalue weighted by molar-refractivity contribution is -0.139. The second-order valence-electron chi connectivity index (χ2n) is 5.92. The molecule has 0 saturated heterocycles. The summed E-state index contributed by atoms with van der Waals surface area (Å²) in [6.45, 7) is 0. The van der Waals surface area contributed by atoms with Crippen LogP contribution in [0.25, 0.3) is 0 Å². The zero-order valence-electron chi connectivity index (χ0n) is 14.1. The summed E-state index contributed by atoms with van der Waals surface area (Å²) >= 11 is 5.94. The summed E-state index contributed by atoms with van der Waals surface area (Å²) in [6.07, 6.45) is -5.46. The molecule has 1 amide bonds. The first-order valence-electron chi connectivity index (χ1n) is 8.11. The second-order valence-corrected chi connectivity index (χ2v) is 6.36. The fourth-order valence-electron chi connectivity index (χ4n) is 2.62. The molecule has 0 heterocycles. The van der Waals surface area contributed by atoms with Gasteiger partial charge in [-0.3, -0.25) is 4.79 Å². The molecular formula is C19H17ClF3NO3. The Hall–Kier alpha value is -2.54. The molecule has 1 unspecified atom stereocenters. The Morgan fingerprint density at radius 1 is 1.11 bits per heavy atom. The summed E-state index contributed by atoms with van der Waals surface area (Å²) in [5, 5.41) is 12.2. The molecule has 2 N–H and O–H groups in total. The van der Waals surface area contributed by atoms with Gasteiger partial charge in [-0.05, 0) is 48.2 Å². The van der Waals surface area contributed by atoms with Gasteiger partial charge in [0.2, 0.25) is 0 Å². The normalized spacial score (nSPS) is 12.4. The molecule has 0 aliphatic carbocycles. The van der Waals surface area contributed by atoms with Gasteiger partial charge in [0.15, 0.2) is 6.04 Å². The lowest BCUT2D eigenvalue weighted by Gasteiger charge is -2.19. The second kappa shape index (κ2) is 8.90. The largest absolute Gasteiger partial charge is 0.479 e. The van der Waals surface area contributed by atoms with E-state index >= 15 is 0 Å². The van der Waals surface area contributed by atoms with E-state index in [0.717, 1.165) is 0 Å². The van der Waals surface area contributed by atoms with Gasteiger partial charge < -0.3 is 10.4 Å². The van der Waals surface area contributed by atoms with Crippen LogP contribution in [-0.2, 0) is 11.2 Å². The number of hydrogen-bond donors (Lipinski definition) is 2. The minimum absolute atomic E-state index is 0.0109. The van der Waals surface area contributed by atoms with Crippen molar-refractivity contribution in [1.29, 1.82) is 0 Å². The highest BCUT2D eigenvalue weighted by Gasteiger charge is 2.28. The zero-order chi connectivity index (χ0) is 20.0. The number of aryl methyl sites for hydroxylation is 1. The Kier molecular flexibility index (Phi) is 6.85. The van der Waals surface area contributed by atoms with Crippen molar-refractivity contribution in [3.63, 3.8) is 0 Å². The molecule has 144 valence electrons. The monoisotopic (exact) mass is 399 g/mol. The summed E-state index contributed by atoms with van der Waals surface area (Å²) < 4.78 is 37.2. The van der Waals surface area contributed by atoms with Gasteiger partial charge in [0.25, 0.3) is 5.91 Å². The molecule has 0 fully saturated rings. The van der Waals surface area contributed by atoms with Crippen LogP contribution in [0.5, 0.6) is 0 Å². The highest BCUT2D eigenvalue weighted by molar-refractivity contribution is 6.30. The van der Waals surface area contributed by atoms with Crippen LogP contribution < -0.4 is 5.32 Å². The predicted molar refractivity (Wildman–Crippen MR) is 94.7 cm³/mol. The molecule has 0 bridgehead atoms. The van der Waals surface area contributed by atoms with Gasteiger partial charge >= 0.3 is 12.1 Å². The summed E-state index contributed by atoms with van der Waals surface area (Å²) in [7, 11) is 0. The Labute approximate surface area is 159 Å². The zero-order valence-corrected chi connectivity index (χ0v) is 14.8. The number of halogens is 4. The first-order valence-corrected chi connectivity index (χ1v) is 8.49. The molecule has 8 heteroatoms. The van der Waals surface area contributed by atoms with Gasteiger partial charge in [0.1, 0.15) is 0 Å². The molecular weight excluding hydrogens is 383 g/mol. The fraction of sp³-hybridized carbons (Fsp3) is 0.263. The first-order chi connectivity index (χ1) is 12.7. The van der Waals surface area contributed by atoms with Gasteiger partial charge in [-0.2, -0.15) is 13.2 Å². The van der Waals surface area contributed by atoms with E-state index in [9.17, 15) is 27.9 Å². The van der Waals surface area contributed by atoms with E-state index in [1.165, 1.54) is 30.3 Å². The maximum atomic E-state index is 12.4. The lowest BCUT2D eigenvalue weighted by Crippen LogP contribution is -2.34. The quantitative estimate of drug-likeness (QED) is 0.704. The van der Waals surface area contributed by atoms with Crippen molar-refractivity contribution in [1.82, 2.24) is 5.32 Å².